The molecule has 3 rings (SSSR count). The monoisotopic (exact) mass is 272 g/mol. The Labute approximate surface area is 112 Å². The highest BCUT2D eigenvalue weighted by Crippen LogP contribution is 2.24. The van der Waals surface area contributed by atoms with E-state index >= 15 is 0 Å². The maximum absolute atomic E-state index is 13.7. The molecule has 0 fully saturated rings. The number of nitrogens with zero attached hydrogens (tertiary/aromatic N) is 2. The van der Waals surface area contributed by atoms with Crippen LogP contribution in [0.2, 0.25) is 0 Å². The predicted molar refractivity (Wildman–Crippen MR) is 67.3 cm³/mol. The molecular formula is C14H8F2N3O. The lowest BCUT2D eigenvalue weighted by Gasteiger charge is -2.03. The highest BCUT2D eigenvalue weighted by molar-refractivity contribution is 6.16. The second kappa shape index (κ2) is 4.48. The van der Waals surface area contributed by atoms with Crippen molar-refractivity contribution in [3.63, 3.8) is 0 Å². The Morgan fingerprint density at radius 1 is 1.35 bits per heavy atom. The standard InChI is InChI=1S/C14H8F2N3O/c1-7-11-8(5-17-14(11)19-6-18-7)13(20)12-9(15)3-2-4-10(12)16/h2-3,5-6H,1H3,(H,17,18,19). The number of aromatic amines is 1. The molecule has 2 aromatic heterocycles. The van der Waals surface area contributed by atoms with Crippen LogP contribution in [0.4, 0.5) is 8.78 Å². The molecule has 20 heavy (non-hydrogen) atoms. The number of rotatable bonds is 2. The van der Waals surface area contributed by atoms with Gasteiger partial charge in [0.1, 0.15) is 23.6 Å². The van der Waals surface area contributed by atoms with E-state index in [1.165, 1.54) is 12.5 Å². The molecule has 1 radical (unpaired) electrons. The SMILES string of the molecule is Cc1ncnc2[nH]cc(C(=O)c3c(F)[c]ccc3F)c12. The number of halogens is 2. The Balaban J connectivity index is 2.24. The third-order valence-electron chi connectivity index (χ3n) is 3.03. The fourth-order valence-corrected chi connectivity index (χ4v) is 2.09. The van der Waals surface area contributed by atoms with Gasteiger partial charge in [0, 0.05) is 12.3 Å². The van der Waals surface area contributed by atoms with E-state index in [1.807, 2.05) is 0 Å². The topological polar surface area (TPSA) is 58.6 Å². The molecule has 0 bridgehead atoms. The first-order valence-corrected chi connectivity index (χ1v) is 5.78. The van der Waals surface area contributed by atoms with Crippen LogP contribution in [0.5, 0.6) is 0 Å². The maximum Gasteiger partial charge on any atom is 0.201 e. The van der Waals surface area contributed by atoms with Gasteiger partial charge >= 0.3 is 0 Å². The van der Waals surface area contributed by atoms with E-state index in [4.69, 9.17) is 0 Å². The summed E-state index contributed by atoms with van der Waals surface area (Å²) in [5, 5.41) is 0.458. The minimum absolute atomic E-state index is 0.135. The first-order chi connectivity index (χ1) is 9.59. The zero-order valence-electron chi connectivity index (χ0n) is 10.4. The number of benzene rings is 1. The van der Waals surface area contributed by atoms with Crippen molar-refractivity contribution in [3.05, 3.63) is 59.2 Å². The first-order valence-electron chi connectivity index (χ1n) is 5.78. The van der Waals surface area contributed by atoms with Gasteiger partial charge in [0.25, 0.3) is 0 Å². The van der Waals surface area contributed by atoms with Gasteiger partial charge in [0.2, 0.25) is 5.78 Å². The summed E-state index contributed by atoms with van der Waals surface area (Å²) in [5.74, 6) is -2.70. The molecular weight excluding hydrogens is 264 g/mol. The van der Waals surface area contributed by atoms with E-state index in [0.29, 0.717) is 16.7 Å². The van der Waals surface area contributed by atoms with Crippen molar-refractivity contribution < 1.29 is 13.6 Å². The zero-order valence-corrected chi connectivity index (χ0v) is 10.4. The predicted octanol–water partition coefficient (Wildman–Crippen LogP) is 2.58. The molecule has 0 unspecified atom stereocenters. The van der Waals surface area contributed by atoms with E-state index in [9.17, 15) is 13.6 Å². The fourth-order valence-electron chi connectivity index (χ4n) is 2.09. The number of H-pyrrole nitrogens is 1. The summed E-state index contributed by atoms with van der Waals surface area (Å²) in [7, 11) is 0. The van der Waals surface area contributed by atoms with Crippen molar-refractivity contribution >= 4 is 16.8 Å². The van der Waals surface area contributed by atoms with E-state index in [1.54, 1.807) is 6.92 Å². The number of nitrogens with one attached hydrogen (secondary N) is 1. The van der Waals surface area contributed by atoms with Gasteiger partial charge in [-0.1, -0.05) is 0 Å². The molecule has 6 heteroatoms. The van der Waals surface area contributed by atoms with Crippen LogP contribution >= 0.6 is 0 Å². The Kier molecular flexibility index (Phi) is 2.78. The molecule has 0 atom stereocenters. The quantitative estimate of drug-likeness (QED) is 0.729. The molecule has 0 spiro atoms. The summed E-state index contributed by atoms with van der Waals surface area (Å²) >= 11 is 0. The number of hydrogen-bond donors (Lipinski definition) is 1. The first kappa shape index (κ1) is 12.4. The van der Waals surface area contributed by atoms with Crippen molar-refractivity contribution in [3.8, 4) is 0 Å². The number of ketones is 1. The largest absolute Gasteiger partial charge is 0.345 e. The van der Waals surface area contributed by atoms with Gasteiger partial charge in [-0.05, 0) is 19.1 Å². The summed E-state index contributed by atoms with van der Waals surface area (Å²) in [6, 6.07) is 4.26. The second-order valence-corrected chi connectivity index (χ2v) is 4.23. The number of hydrogen-bond acceptors (Lipinski definition) is 3. The lowest BCUT2D eigenvalue weighted by atomic mass is 10.0. The van der Waals surface area contributed by atoms with Crippen molar-refractivity contribution in [2.24, 2.45) is 0 Å². The maximum atomic E-state index is 13.7. The molecule has 3 aromatic rings. The molecule has 4 nitrogen and oxygen atoms in total. The van der Waals surface area contributed by atoms with Crippen LogP contribution < -0.4 is 0 Å². The average Bonchev–Trinajstić information content (AvgIpc) is 2.83. The van der Waals surface area contributed by atoms with Crippen molar-refractivity contribution in [2.75, 3.05) is 0 Å². The summed E-state index contributed by atoms with van der Waals surface area (Å²) in [6.45, 7) is 1.69. The lowest BCUT2D eigenvalue weighted by Crippen LogP contribution is -2.07. The Morgan fingerprint density at radius 3 is 2.90 bits per heavy atom. The van der Waals surface area contributed by atoms with E-state index in [0.717, 1.165) is 12.1 Å². The smallest absolute Gasteiger partial charge is 0.201 e. The molecule has 99 valence electrons. The third-order valence-corrected chi connectivity index (χ3v) is 3.03. The summed E-state index contributed by atoms with van der Waals surface area (Å²) in [6.07, 6.45) is 2.72. The van der Waals surface area contributed by atoms with E-state index < -0.39 is 23.0 Å². The number of aryl methyl sites for hydroxylation is 1. The molecule has 2 heterocycles. The van der Waals surface area contributed by atoms with Gasteiger partial charge in [-0.25, -0.2) is 18.7 Å². The molecule has 0 amide bonds. The minimum atomic E-state index is -1.01. The summed E-state index contributed by atoms with van der Waals surface area (Å²) in [5.41, 5.74) is 0.508. The van der Waals surface area contributed by atoms with Crippen LogP contribution in [0.1, 0.15) is 21.6 Å². The number of carbonyl (C=O) groups is 1. The molecule has 1 aromatic carbocycles. The molecule has 0 saturated carbocycles. The summed E-state index contributed by atoms with van der Waals surface area (Å²) < 4.78 is 27.3. The van der Waals surface area contributed by atoms with Crippen molar-refractivity contribution in [1.29, 1.82) is 0 Å². The molecule has 0 aliphatic carbocycles. The Morgan fingerprint density at radius 2 is 2.15 bits per heavy atom. The van der Waals surface area contributed by atoms with Crippen LogP contribution in [0.25, 0.3) is 11.0 Å². The van der Waals surface area contributed by atoms with Crippen molar-refractivity contribution in [1.82, 2.24) is 15.0 Å². The second-order valence-electron chi connectivity index (χ2n) is 4.23. The van der Waals surface area contributed by atoms with Gasteiger partial charge in [-0.15, -0.1) is 0 Å². The average molecular weight is 272 g/mol. The molecule has 1 N–H and O–H groups in total. The van der Waals surface area contributed by atoms with Crippen LogP contribution in [0, 0.1) is 24.6 Å². The van der Waals surface area contributed by atoms with Gasteiger partial charge < -0.3 is 4.98 Å². The Hall–Kier alpha value is -2.63. The highest BCUT2D eigenvalue weighted by atomic mass is 19.1. The molecule has 0 aliphatic rings. The van der Waals surface area contributed by atoms with Crippen LogP contribution in [-0.2, 0) is 0 Å². The number of fused-ring (bicyclic) bond motifs is 1. The van der Waals surface area contributed by atoms with E-state index in [-0.39, 0.29) is 5.56 Å². The lowest BCUT2D eigenvalue weighted by molar-refractivity contribution is 0.103. The fraction of sp³-hybridized carbons (Fsp3) is 0.0714. The number of carbonyl (C=O) groups excluding carboxylic acids is 1. The van der Waals surface area contributed by atoms with Crippen molar-refractivity contribution in [2.45, 2.75) is 6.92 Å². The van der Waals surface area contributed by atoms with Gasteiger partial charge in [-0.3, -0.25) is 4.79 Å². The van der Waals surface area contributed by atoms with Gasteiger partial charge in [0.15, 0.2) is 0 Å². The van der Waals surface area contributed by atoms with E-state index in [2.05, 4.69) is 21.0 Å². The number of aromatic nitrogens is 3. The summed E-state index contributed by atoms with van der Waals surface area (Å²) in [4.78, 5) is 23.1. The third kappa shape index (κ3) is 1.77. The van der Waals surface area contributed by atoms with Gasteiger partial charge in [0.05, 0.1) is 22.2 Å². The van der Waals surface area contributed by atoms with Crippen LogP contribution in [0.15, 0.2) is 24.7 Å². The molecule has 0 aliphatic heterocycles. The Bertz CT molecular complexity index is 806. The zero-order chi connectivity index (χ0) is 14.3. The molecule has 0 saturated heterocycles. The highest BCUT2D eigenvalue weighted by Gasteiger charge is 2.22. The minimum Gasteiger partial charge on any atom is -0.345 e. The van der Waals surface area contributed by atoms with Crippen LogP contribution in [0.3, 0.4) is 0 Å². The van der Waals surface area contributed by atoms with Gasteiger partial charge in [-0.2, -0.15) is 0 Å². The normalized spacial score (nSPS) is 10.9. The van der Waals surface area contributed by atoms with Crippen LogP contribution in [-0.4, -0.2) is 20.7 Å².